The van der Waals surface area contributed by atoms with Crippen molar-refractivity contribution in [3.05, 3.63) is 53.6 Å². The minimum atomic E-state index is -0.665. The SMILES string of the molecule is CC(=O)c1ccc(NC(=O)c2cccc3c2OC(C)C(=O)N3)cc1. The van der Waals surface area contributed by atoms with Crippen molar-refractivity contribution in [2.45, 2.75) is 20.0 Å². The van der Waals surface area contributed by atoms with Crippen LogP contribution in [0.15, 0.2) is 42.5 Å². The van der Waals surface area contributed by atoms with E-state index in [4.69, 9.17) is 4.74 Å². The Kier molecular flexibility index (Phi) is 4.04. The summed E-state index contributed by atoms with van der Waals surface area (Å²) in [6.45, 7) is 3.10. The Morgan fingerprint density at radius 1 is 1.12 bits per heavy atom. The van der Waals surface area contributed by atoms with Crippen molar-refractivity contribution in [3.8, 4) is 5.75 Å². The lowest BCUT2D eigenvalue weighted by Crippen LogP contribution is -2.35. The fourth-order valence-corrected chi connectivity index (χ4v) is 2.39. The largest absolute Gasteiger partial charge is 0.478 e. The summed E-state index contributed by atoms with van der Waals surface area (Å²) in [5, 5.41) is 5.46. The number of fused-ring (bicyclic) bond motifs is 1. The maximum atomic E-state index is 12.5. The molecular weight excluding hydrogens is 308 g/mol. The average molecular weight is 324 g/mol. The summed E-state index contributed by atoms with van der Waals surface area (Å²) in [5.41, 5.74) is 1.94. The molecule has 0 spiro atoms. The molecule has 2 aromatic carbocycles. The van der Waals surface area contributed by atoms with Crippen LogP contribution in [-0.2, 0) is 4.79 Å². The van der Waals surface area contributed by atoms with Gasteiger partial charge in [-0.25, -0.2) is 0 Å². The van der Waals surface area contributed by atoms with Crippen LogP contribution in [0.2, 0.25) is 0 Å². The van der Waals surface area contributed by atoms with Gasteiger partial charge in [-0.05, 0) is 50.2 Å². The van der Waals surface area contributed by atoms with Crippen molar-refractivity contribution >= 4 is 29.0 Å². The molecule has 0 aliphatic carbocycles. The van der Waals surface area contributed by atoms with Crippen LogP contribution in [0, 0.1) is 0 Å². The summed E-state index contributed by atoms with van der Waals surface area (Å²) >= 11 is 0. The summed E-state index contributed by atoms with van der Waals surface area (Å²) in [7, 11) is 0. The topological polar surface area (TPSA) is 84.5 Å². The third kappa shape index (κ3) is 2.99. The molecule has 24 heavy (non-hydrogen) atoms. The van der Waals surface area contributed by atoms with Crippen LogP contribution in [0.25, 0.3) is 0 Å². The molecule has 0 bridgehead atoms. The number of nitrogens with one attached hydrogen (secondary N) is 2. The molecule has 2 N–H and O–H groups in total. The van der Waals surface area contributed by atoms with Crippen molar-refractivity contribution in [1.82, 2.24) is 0 Å². The van der Waals surface area contributed by atoms with Gasteiger partial charge < -0.3 is 15.4 Å². The molecule has 1 atom stereocenters. The van der Waals surface area contributed by atoms with E-state index >= 15 is 0 Å². The highest BCUT2D eigenvalue weighted by molar-refractivity contribution is 6.09. The average Bonchev–Trinajstić information content (AvgIpc) is 2.56. The van der Waals surface area contributed by atoms with Crippen molar-refractivity contribution in [2.75, 3.05) is 10.6 Å². The first kappa shape index (κ1) is 15.7. The molecule has 0 aromatic heterocycles. The molecule has 0 fully saturated rings. The zero-order valence-electron chi connectivity index (χ0n) is 13.3. The normalized spacial score (nSPS) is 15.8. The molecule has 2 amide bonds. The smallest absolute Gasteiger partial charge is 0.265 e. The summed E-state index contributed by atoms with van der Waals surface area (Å²) < 4.78 is 5.57. The second-order valence-electron chi connectivity index (χ2n) is 5.52. The molecule has 1 aliphatic rings. The summed E-state index contributed by atoms with van der Waals surface area (Å²) in [5.74, 6) is -0.295. The van der Waals surface area contributed by atoms with Gasteiger partial charge in [-0.3, -0.25) is 14.4 Å². The zero-order valence-corrected chi connectivity index (χ0v) is 13.3. The number of Topliss-reactive ketones (excluding diaryl/α,β-unsaturated/α-hetero) is 1. The van der Waals surface area contributed by atoms with Crippen LogP contribution in [0.4, 0.5) is 11.4 Å². The van der Waals surface area contributed by atoms with Gasteiger partial charge in [0, 0.05) is 11.3 Å². The Morgan fingerprint density at radius 3 is 2.50 bits per heavy atom. The lowest BCUT2D eigenvalue weighted by Gasteiger charge is -2.25. The highest BCUT2D eigenvalue weighted by atomic mass is 16.5. The van der Waals surface area contributed by atoms with Crippen LogP contribution >= 0.6 is 0 Å². The fourth-order valence-electron chi connectivity index (χ4n) is 2.39. The molecule has 6 heteroatoms. The van der Waals surface area contributed by atoms with Gasteiger partial charge in [0.05, 0.1) is 11.3 Å². The van der Waals surface area contributed by atoms with Crippen molar-refractivity contribution in [1.29, 1.82) is 0 Å². The van der Waals surface area contributed by atoms with E-state index in [1.807, 2.05) is 0 Å². The maximum Gasteiger partial charge on any atom is 0.265 e. The van der Waals surface area contributed by atoms with Gasteiger partial charge in [-0.15, -0.1) is 0 Å². The van der Waals surface area contributed by atoms with E-state index in [2.05, 4.69) is 10.6 Å². The summed E-state index contributed by atoms with van der Waals surface area (Å²) in [6, 6.07) is 11.6. The van der Waals surface area contributed by atoms with Gasteiger partial charge in [0.1, 0.15) is 0 Å². The van der Waals surface area contributed by atoms with Crippen molar-refractivity contribution in [2.24, 2.45) is 0 Å². The lowest BCUT2D eigenvalue weighted by molar-refractivity contribution is -0.122. The molecule has 0 saturated heterocycles. The lowest BCUT2D eigenvalue weighted by atomic mass is 10.1. The molecule has 2 aromatic rings. The molecule has 1 unspecified atom stereocenters. The zero-order chi connectivity index (χ0) is 17.3. The van der Waals surface area contributed by atoms with Gasteiger partial charge in [-0.2, -0.15) is 0 Å². The third-order valence-electron chi connectivity index (χ3n) is 3.73. The number of benzene rings is 2. The van der Waals surface area contributed by atoms with E-state index in [1.165, 1.54) is 6.92 Å². The molecular formula is C18H16N2O4. The minimum Gasteiger partial charge on any atom is -0.478 e. The van der Waals surface area contributed by atoms with Gasteiger partial charge in [-0.1, -0.05) is 6.07 Å². The predicted octanol–water partition coefficient (Wildman–Crippen LogP) is 2.86. The molecule has 1 aliphatic heterocycles. The molecule has 122 valence electrons. The standard InChI is InChI=1S/C18H16N2O4/c1-10(21)12-6-8-13(9-7-12)19-18(23)14-4-3-5-15-16(14)24-11(2)17(22)20-15/h3-9,11H,1-2H3,(H,19,23)(H,20,22). The van der Waals surface area contributed by atoms with E-state index in [0.29, 0.717) is 28.3 Å². The van der Waals surface area contributed by atoms with Gasteiger partial charge in [0.25, 0.3) is 11.8 Å². The van der Waals surface area contributed by atoms with Crippen LogP contribution in [0.1, 0.15) is 34.6 Å². The van der Waals surface area contributed by atoms with E-state index in [0.717, 1.165) is 0 Å². The number of carbonyl (C=O) groups is 3. The second kappa shape index (κ2) is 6.16. The first-order chi connectivity index (χ1) is 11.5. The Labute approximate surface area is 138 Å². The monoisotopic (exact) mass is 324 g/mol. The molecule has 1 heterocycles. The minimum absolute atomic E-state index is 0.0388. The van der Waals surface area contributed by atoms with Gasteiger partial charge in [0.15, 0.2) is 17.6 Å². The number of rotatable bonds is 3. The third-order valence-corrected chi connectivity index (χ3v) is 3.73. The first-order valence-electron chi connectivity index (χ1n) is 7.48. The quantitative estimate of drug-likeness (QED) is 0.850. The van der Waals surface area contributed by atoms with Gasteiger partial charge >= 0.3 is 0 Å². The Morgan fingerprint density at radius 2 is 1.83 bits per heavy atom. The van der Waals surface area contributed by atoms with Crippen LogP contribution in [-0.4, -0.2) is 23.7 Å². The number of para-hydroxylation sites is 1. The highest BCUT2D eigenvalue weighted by Crippen LogP contribution is 2.33. The molecule has 3 rings (SSSR count). The Bertz CT molecular complexity index is 827. The Hall–Kier alpha value is -3.15. The molecule has 0 saturated carbocycles. The van der Waals surface area contributed by atoms with Crippen molar-refractivity contribution in [3.63, 3.8) is 0 Å². The van der Waals surface area contributed by atoms with Crippen LogP contribution in [0.3, 0.4) is 0 Å². The molecule has 0 radical (unpaired) electrons. The number of ketones is 1. The van der Waals surface area contributed by atoms with E-state index in [1.54, 1.807) is 49.4 Å². The van der Waals surface area contributed by atoms with Crippen LogP contribution in [0.5, 0.6) is 5.75 Å². The van der Waals surface area contributed by atoms with E-state index in [-0.39, 0.29) is 17.6 Å². The number of ether oxygens (including phenoxy) is 1. The first-order valence-corrected chi connectivity index (χ1v) is 7.48. The fraction of sp³-hybridized carbons (Fsp3) is 0.167. The Balaban J connectivity index is 1.84. The highest BCUT2D eigenvalue weighted by Gasteiger charge is 2.27. The number of hydrogen-bond donors (Lipinski definition) is 2. The van der Waals surface area contributed by atoms with E-state index in [9.17, 15) is 14.4 Å². The summed E-state index contributed by atoms with van der Waals surface area (Å²) in [4.78, 5) is 35.5. The number of amides is 2. The van der Waals surface area contributed by atoms with Crippen LogP contribution < -0.4 is 15.4 Å². The number of anilines is 2. The van der Waals surface area contributed by atoms with Gasteiger partial charge in [0.2, 0.25) is 0 Å². The van der Waals surface area contributed by atoms with E-state index < -0.39 is 6.10 Å². The maximum absolute atomic E-state index is 12.5. The number of hydrogen-bond acceptors (Lipinski definition) is 4. The van der Waals surface area contributed by atoms with Crippen molar-refractivity contribution < 1.29 is 19.1 Å². The number of carbonyl (C=O) groups excluding carboxylic acids is 3. The summed E-state index contributed by atoms with van der Waals surface area (Å²) in [6.07, 6.45) is -0.665. The second-order valence-corrected chi connectivity index (χ2v) is 5.52. The molecule has 6 nitrogen and oxygen atoms in total. The predicted molar refractivity (Wildman–Crippen MR) is 89.6 cm³/mol.